The standard InChI is InChI=1S/C24H23N3O5/c1-23(2,3)32-25-10-14-13-7-5-6-8-18(13)26-20-15(14)11-27-19(20)9-17-16(21(27)28)12-31-22(29)24(17,4)30/h5-10,30H,11-12H2,1-4H3/b25-10+/t24-/m0/s1. The molecule has 2 aliphatic heterocycles. The molecule has 2 aliphatic rings. The average Bonchev–Trinajstić information content (AvgIpc) is 3.09. The summed E-state index contributed by atoms with van der Waals surface area (Å²) in [7, 11) is 0. The largest absolute Gasteiger partial charge is 0.458 e. The molecule has 1 atom stereocenters. The van der Waals surface area contributed by atoms with Crippen LogP contribution in [0.4, 0.5) is 0 Å². The maximum absolute atomic E-state index is 13.3. The van der Waals surface area contributed by atoms with E-state index in [-0.39, 0.29) is 23.3 Å². The molecule has 2 aromatic heterocycles. The number of rotatable bonds is 2. The van der Waals surface area contributed by atoms with E-state index in [0.717, 1.165) is 22.0 Å². The van der Waals surface area contributed by atoms with Crippen LogP contribution in [0.15, 0.2) is 40.3 Å². The monoisotopic (exact) mass is 433 g/mol. The number of aromatic nitrogens is 2. The van der Waals surface area contributed by atoms with Gasteiger partial charge in [0, 0.05) is 22.1 Å². The molecule has 32 heavy (non-hydrogen) atoms. The molecule has 8 nitrogen and oxygen atoms in total. The Labute approximate surface area is 184 Å². The van der Waals surface area contributed by atoms with Gasteiger partial charge in [0.15, 0.2) is 5.60 Å². The SMILES string of the molecule is CC(C)(C)O/N=C/c1c2c(nc3ccccc13)-c1cc3c(c(=O)n1C2)COC(=O)[C@@]3(C)O. The second kappa shape index (κ2) is 6.74. The van der Waals surface area contributed by atoms with Crippen LogP contribution in [-0.4, -0.2) is 32.4 Å². The Morgan fingerprint density at radius 1 is 1.25 bits per heavy atom. The number of carbonyl (C=O) groups is 1. The minimum absolute atomic E-state index is 0.164. The normalized spacial score (nSPS) is 19.6. The predicted molar refractivity (Wildman–Crippen MR) is 118 cm³/mol. The Kier molecular flexibility index (Phi) is 4.29. The summed E-state index contributed by atoms with van der Waals surface area (Å²) in [6.07, 6.45) is 1.66. The van der Waals surface area contributed by atoms with E-state index in [2.05, 4.69) is 5.16 Å². The topological polar surface area (TPSA) is 103 Å². The van der Waals surface area contributed by atoms with Gasteiger partial charge in [-0.1, -0.05) is 23.4 Å². The van der Waals surface area contributed by atoms with Crippen LogP contribution < -0.4 is 5.56 Å². The van der Waals surface area contributed by atoms with Crippen molar-refractivity contribution in [2.24, 2.45) is 5.16 Å². The van der Waals surface area contributed by atoms with Crippen LogP contribution in [0.1, 0.15) is 49.9 Å². The molecule has 0 amide bonds. The summed E-state index contributed by atoms with van der Waals surface area (Å²) in [4.78, 5) is 35.8. The zero-order valence-electron chi connectivity index (χ0n) is 18.3. The van der Waals surface area contributed by atoms with Crippen molar-refractivity contribution in [1.29, 1.82) is 0 Å². The van der Waals surface area contributed by atoms with Gasteiger partial charge in [-0.05, 0) is 39.8 Å². The molecule has 0 saturated carbocycles. The zero-order chi connectivity index (χ0) is 22.8. The first-order valence-electron chi connectivity index (χ1n) is 10.4. The van der Waals surface area contributed by atoms with E-state index in [4.69, 9.17) is 14.6 Å². The van der Waals surface area contributed by atoms with E-state index in [1.807, 2.05) is 45.0 Å². The molecule has 164 valence electrons. The van der Waals surface area contributed by atoms with Gasteiger partial charge in [-0.15, -0.1) is 0 Å². The van der Waals surface area contributed by atoms with Crippen LogP contribution in [-0.2, 0) is 33.1 Å². The van der Waals surface area contributed by atoms with E-state index in [0.29, 0.717) is 17.9 Å². The third-order valence-electron chi connectivity index (χ3n) is 5.77. The van der Waals surface area contributed by atoms with Gasteiger partial charge in [-0.2, -0.15) is 0 Å². The number of aliphatic hydroxyl groups is 1. The van der Waals surface area contributed by atoms with Crippen LogP contribution in [0.25, 0.3) is 22.3 Å². The number of hydrogen-bond acceptors (Lipinski definition) is 7. The number of para-hydroxylation sites is 1. The summed E-state index contributed by atoms with van der Waals surface area (Å²) >= 11 is 0. The van der Waals surface area contributed by atoms with E-state index >= 15 is 0 Å². The number of hydrogen-bond donors (Lipinski definition) is 1. The summed E-state index contributed by atoms with van der Waals surface area (Å²) in [5, 5.41) is 15.8. The quantitative estimate of drug-likeness (QED) is 0.296. The molecule has 1 N–H and O–H groups in total. The molecule has 0 radical (unpaired) electrons. The highest BCUT2D eigenvalue weighted by Crippen LogP contribution is 2.38. The van der Waals surface area contributed by atoms with Crippen molar-refractivity contribution >= 4 is 23.1 Å². The van der Waals surface area contributed by atoms with Crippen molar-refractivity contribution in [3.8, 4) is 11.4 Å². The van der Waals surface area contributed by atoms with Crippen molar-refractivity contribution in [2.75, 3.05) is 0 Å². The molecule has 0 saturated heterocycles. The van der Waals surface area contributed by atoms with Crippen LogP contribution in [0.5, 0.6) is 0 Å². The highest BCUT2D eigenvalue weighted by atomic mass is 16.6. The number of pyridine rings is 2. The maximum atomic E-state index is 13.3. The third-order valence-corrected chi connectivity index (χ3v) is 5.77. The van der Waals surface area contributed by atoms with Crippen LogP contribution in [0.3, 0.4) is 0 Å². The molecular formula is C24H23N3O5. The number of carbonyl (C=O) groups excluding carboxylic acids is 1. The van der Waals surface area contributed by atoms with Crippen molar-refractivity contribution in [2.45, 2.75) is 52.0 Å². The number of benzene rings is 1. The lowest BCUT2D eigenvalue weighted by Gasteiger charge is -2.29. The van der Waals surface area contributed by atoms with Gasteiger partial charge in [0.2, 0.25) is 0 Å². The summed E-state index contributed by atoms with van der Waals surface area (Å²) in [6, 6.07) is 9.34. The highest BCUT2D eigenvalue weighted by molar-refractivity contribution is 6.02. The molecule has 3 aromatic rings. The Morgan fingerprint density at radius 2 is 2.00 bits per heavy atom. The number of nitrogens with zero attached hydrogens (tertiary/aromatic N) is 3. The Morgan fingerprint density at radius 3 is 2.75 bits per heavy atom. The fraction of sp³-hybridized carbons (Fsp3) is 0.333. The van der Waals surface area contributed by atoms with E-state index in [1.165, 1.54) is 6.92 Å². The average molecular weight is 433 g/mol. The van der Waals surface area contributed by atoms with E-state index < -0.39 is 17.2 Å². The first-order valence-corrected chi connectivity index (χ1v) is 10.4. The summed E-state index contributed by atoms with van der Waals surface area (Å²) in [6.45, 7) is 7.21. The van der Waals surface area contributed by atoms with Crippen LogP contribution >= 0.6 is 0 Å². The fourth-order valence-electron chi connectivity index (χ4n) is 4.20. The van der Waals surface area contributed by atoms with Gasteiger partial charge in [0.25, 0.3) is 5.56 Å². The number of cyclic esters (lactones) is 1. The summed E-state index contributed by atoms with van der Waals surface area (Å²) in [5.74, 6) is -0.772. The Bertz CT molecular complexity index is 1380. The van der Waals surface area contributed by atoms with Crippen molar-refractivity contribution in [1.82, 2.24) is 9.55 Å². The van der Waals surface area contributed by atoms with Gasteiger partial charge >= 0.3 is 5.97 Å². The molecule has 4 heterocycles. The number of fused-ring (bicyclic) bond motifs is 5. The molecule has 5 rings (SSSR count). The number of ether oxygens (including phenoxy) is 1. The fourth-order valence-corrected chi connectivity index (χ4v) is 4.20. The van der Waals surface area contributed by atoms with Crippen molar-refractivity contribution in [3.63, 3.8) is 0 Å². The molecule has 8 heteroatoms. The molecule has 1 aromatic carbocycles. The molecule has 0 aliphatic carbocycles. The van der Waals surface area contributed by atoms with Gasteiger partial charge in [-0.3, -0.25) is 4.79 Å². The molecule has 0 bridgehead atoms. The molecule has 0 fully saturated rings. The molecule has 0 spiro atoms. The lowest BCUT2D eigenvalue weighted by Crippen LogP contribution is -2.42. The summed E-state index contributed by atoms with van der Waals surface area (Å²) < 4.78 is 6.66. The lowest BCUT2D eigenvalue weighted by atomic mass is 9.89. The predicted octanol–water partition coefficient (Wildman–Crippen LogP) is 2.84. The maximum Gasteiger partial charge on any atom is 0.342 e. The first-order chi connectivity index (χ1) is 15.1. The van der Waals surface area contributed by atoms with Crippen LogP contribution in [0, 0.1) is 0 Å². The zero-order valence-corrected chi connectivity index (χ0v) is 18.3. The molecular weight excluding hydrogens is 410 g/mol. The Balaban J connectivity index is 1.75. The Hall–Kier alpha value is -3.52. The van der Waals surface area contributed by atoms with E-state index in [1.54, 1.807) is 16.8 Å². The van der Waals surface area contributed by atoms with Gasteiger partial charge < -0.3 is 19.2 Å². The van der Waals surface area contributed by atoms with Crippen molar-refractivity contribution in [3.05, 3.63) is 62.9 Å². The highest BCUT2D eigenvalue weighted by Gasteiger charge is 2.43. The number of oxime groups is 1. The second-order valence-electron chi connectivity index (χ2n) is 9.27. The molecule has 0 unspecified atom stereocenters. The van der Waals surface area contributed by atoms with Crippen LogP contribution in [0.2, 0.25) is 0 Å². The minimum Gasteiger partial charge on any atom is -0.458 e. The van der Waals surface area contributed by atoms with Gasteiger partial charge in [-0.25, -0.2) is 9.78 Å². The summed E-state index contributed by atoms with van der Waals surface area (Å²) in [5.41, 5.74) is 1.46. The minimum atomic E-state index is -1.90. The van der Waals surface area contributed by atoms with Gasteiger partial charge in [0.1, 0.15) is 12.2 Å². The van der Waals surface area contributed by atoms with E-state index in [9.17, 15) is 14.7 Å². The number of esters is 1. The smallest absolute Gasteiger partial charge is 0.342 e. The first kappa shape index (κ1) is 20.4. The lowest BCUT2D eigenvalue weighted by molar-refractivity contribution is -0.169. The second-order valence-corrected chi connectivity index (χ2v) is 9.27. The van der Waals surface area contributed by atoms with Gasteiger partial charge in [0.05, 0.1) is 35.2 Å². The third kappa shape index (κ3) is 3.02. The van der Waals surface area contributed by atoms with Crippen molar-refractivity contribution < 1.29 is 19.5 Å².